The van der Waals surface area contributed by atoms with E-state index in [4.69, 9.17) is 0 Å². The molecule has 1 amide bonds. The molecule has 7 heteroatoms. The summed E-state index contributed by atoms with van der Waals surface area (Å²) in [6.07, 6.45) is 3.38. The molecule has 0 saturated carbocycles. The lowest BCUT2D eigenvalue weighted by atomic mass is 10.2. The molecule has 0 radical (unpaired) electrons. The van der Waals surface area contributed by atoms with E-state index in [0.29, 0.717) is 16.7 Å². The summed E-state index contributed by atoms with van der Waals surface area (Å²) in [6, 6.07) is 15.8. The summed E-state index contributed by atoms with van der Waals surface area (Å²) in [5.74, 6) is -0.366. The molecule has 3 rings (SSSR count). The maximum atomic E-state index is 12.3. The van der Waals surface area contributed by atoms with Gasteiger partial charge in [-0.15, -0.1) is 0 Å². The van der Waals surface area contributed by atoms with Gasteiger partial charge in [-0.1, -0.05) is 57.9 Å². The molecule has 1 heterocycles. The van der Waals surface area contributed by atoms with Crippen LogP contribution in [0.5, 0.6) is 0 Å². The minimum atomic E-state index is -0.366. The van der Waals surface area contributed by atoms with Crippen LogP contribution in [0, 0.1) is 6.92 Å². The van der Waals surface area contributed by atoms with Crippen LogP contribution in [0.1, 0.15) is 27.2 Å². The van der Waals surface area contributed by atoms with Gasteiger partial charge in [-0.2, -0.15) is 10.2 Å². The molecule has 0 atom stereocenters. The van der Waals surface area contributed by atoms with Gasteiger partial charge in [0, 0.05) is 10.7 Å². The Bertz CT molecular complexity index is 931. The fourth-order valence-corrected chi connectivity index (χ4v) is 3.04. The number of aryl methyl sites for hydroxylation is 1. The van der Waals surface area contributed by atoms with Crippen LogP contribution in [0.15, 0.2) is 68.8 Å². The van der Waals surface area contributed by atoms with Gasteiger partial charge in [0.1, 0.15) is 0 Å². The van der Waals surface area contributed by atoms with Gasteiger partial charge in [0.2, 0.25) is 0 Å². The summed E-state index contributed by atoms with van der Waals surface area (Å²) in [4.78, 5) is 12.3. The molecule has 1 aromatic heterocycles. The predicted molar refractivity (Wildman–Crippen MR) is 109 cm³/mol. The van der Waals surface area contributed by atoms with Crippen molar-refractivity contribution in [1.29, 1.82) is 0 Å². The molecule has 1 N–H and O–H groups in total. The Morgan fingerprint density at radius 3 is 2.54 bits per heavy atom. The summed E-state index contributed by atoms with van der Waals surface area (Å²) in [6.45, 7) is 2.59. The smallest absolute Gasteiger partial charge is 0.266 e. The number of halogens is 2. The average Bonchev–Trinajstić information content (AvgIpc) is 2.99. The molecular weight excluding hydrogens is 460 g/mol. The van der Waals surface area contributed by atoms with Crippen LogP contribution < -0.4 is 5.43 Å². The molecule has 0 bridgehead atoms. The van der Waals surface area contributed by atoms with Gasteiger partial charge in [-0.3, -0.25) is 9.48 Å². The number of aromatic nitrogens is 2. The Labute approximate surface area is 168 Å². The highest BCUT2D eigenvalue weighted by molar-refractivity contribution is 9.10. The first kappa shape index (κ1) is 18.5. The molecule has 0 aliphatic heterocycles. The monoisotopic (exact) mass is 474 g/mol. The maximum absolute atomic E-state index is 12.3. The molecule has 26 heavy (non-hydrogen) atoms. The van der Waals surface area contributed by atoms with Crippen LogP contribution in [0.3, 0.4) is 0 Å². The number of hydrogen-bond acceptors (Lipinski definition) is 3. The fourth-order valence-electron chi connectivity index (χ4n) is 2.28. The zero-order chi connectivity index (χ0) is 18.5. The summed E-state index contributed by atoms with van der Waals surface area (Å²) < 4.78 is 3.36. The molecule has 0 unspecified atom stereocenters. The third-order valence-electron chi connectivity index (χ3n) is 3.65. The maximum Gasteiger partial charge on any atom is 0.293 e. The van der Waals surface area contributed by atoms with E-state index in [0.717, 1.165) is 15.6 Å². The van der Waals surface area contributed by atoms with Crippen molar-refractivity contribution in [2.45, 2.75) is 13.5 Å². The lowest BCUT2D eigenvalue weighted by Crippen LogP contribution is -2.19. The molecule has 5 nitrogen and oxygen atoms in total. The number of carbonyl (C=O) groups is 1. The predicted octanol–water partition coefficient (Wildman–Crippen LogP) is 4.53. The van der Waals surface area contributed by atoms with Crippen molar-refractivity contribution in [2.24, 2.45) is 5.10 Å². The molecule has 3 aromatic rings. The first-order valence-corrected chi connectivity index (χ1v) is 9.47. The molecule has 0 spiro atoms. The van der Waals surface area contributed by atoms with Crippen LogP contribution in [-0.2, 0) is 6.54 Å². The molecule has 0 aliphatic carbocycles. The number of nitrogens with one attached hydrogen (secondary N) is 1. The summed E-state index contributed by atoms with van der Waals surface area (Å²) >= 11 is 6.80. The second-order valence-corrected chi connectivity index (χ2v) is 7.53. The topological polar surface area (TPSA) is 59.3 Å². The highest BCUT2D eigenvalue weighted by Crippen LogP contribution is 2.17. The van der Waals surface area contributed by atoms with Crippen LogP contribution in [0.4, 0.5) is 0 Å². The van der Waals surface area contributed by atoms with Gasteiger partial charge in [0.25, 0.3) is 5.91 Å². The molecular formula is C19H16Br2N4O. The SMILES string of the molecule is Cc1ccc(C=NNC(=O)c2nn(Cc3ccc(Br)cc3)cc2Br)cc1. The van der Waals surface area contributed by atoms with Gasteiger partial charge in [-0.25, -0.2) is 5.43 Å². The van der Waals surface area contributed by atoms with E-state index >= 15 is 0 Å². The van der Waals surface area contributed by atoms with Gasteiger partial charge in [-0.05, 0) is 46.1 Å². The van der Waals surface area contributed by atoms with E-state index < -0.39 is 0 Å². The lowest BCUT2D eigenvalue weighted by Gasteiger charge is -2.02. The molecule has 2 aromatic carbocycles. The van der Waals surface area contributed by atoms with E-state index in [1.807, 2.05) is 55.5 Å². The highest BCUT2D eigenvalue weighted by Gasteiger charge is 2.14. The molecule has 0 aliphatic rings. The second-order valence-electron chi connectivity index (χ2n) is 5.76. The van der Waals surface area contributed by atoms with Crippen molar-refractivity contribution >= 4 is 44.0 Å². The number of rotatable bonds is 5. The number of carbonyl (C=O) groups excluding carboxylic acids is 1. The first-order valence-electron chi connectivity index (χ1n) is 7.89. The quantitative estimate of drug-likeness (QED) is 0.435. The van der Waals surface area contributed by atoms with Gasteiger partial charge in [0.15, 0.2) is 5.69 Å². The van der Waals surface area contributed by atoms with E-state index in [-0.39, 0.29) is 5.91 Å². The number of nitrogens with zero attached hydrogens (tertiary/aromatic N) is 3. The van der Waals surface area contributed by atoms with Gasteiger partial charge in [0.05, 0.1) is 17.2 Å². The zero-order valence-corrected chi connectivity index (χ0v) is 17.2. The zero-order valence-electron chi connectivity index (χ0n) is 14.0. The summed E-state index contributed by atoms with van der Waals surface area (Å²) in [5.41, 5.74) is 5.98. The third kappa shape index (κ3) is 4.89. The van der Waals surface area contributed by atoms with Crippen molar-refractivity contribution in [3.8, 4) is 0 Å². The molecule has 132 valence electrons. The number of hydrazone groups is 1. The third-order valence-corrected chi connectivity index (χ3v) is 4.76. The minimum Gasteiger partial charge on any atom is -0.266 e. The summed E-state index contributed by atoms with van der Waals surface area (Å²) in [7, 11) is 0. The minimum absolute atomic E-state index is 0.295. The van der Waals surface area contributed by atoms with Crippen molar-refractivity contribution < 1.29 is 4.79 Å². The Kier molecular flexibility index (Phi) is 6.00. The number of hydrogen-bond donors (Lipinski definition) is 1. The van der Waals surface area contributed by atoms with Crippen molar-refractivity contribution in [3.05, 3.63) is 86.1 Å². The normalized spacial score (nSPS) is 11.0. The Balaban J connectivity index is 1.65. The largest absolute Gasteiger partial charge is 0.293 e. The van der Waals surface area contributed by atoms with E-state index in [2.05, 4.69) is 47.5 Å². The van der Waals surface area contributed by atoms with Crippen molar-refractivity contribution in [3.63, 3.8) is 0 Å². The average molecular weight is 476 g/mol. The highest BCUT2D eigenvalue weighted by atomic mass is 79.9. The fraction of sp³-hybridized carbons (Fsp3) is 0.105. The lowest BCUT2D eigenvalue weighted by molar-refractivity contribution is 0.0948. The van der Waals surface area contributed by atoms with E-state index in [1.165, 1.54) is 5.56 Å². The Morgan fingerprint density at radius 1 is 1.15 bits per heavy atom. The van der Waals surface area contributed by atoms with Crippen molar-refractivity contribution in [1.82, 2.24) is 15.2 Å². The molecule has 0 fully saturated rings. The van der Waals surface area contributed by atoms with Crippen LogP contribution >= 0.6 is 31.9 Å². The molecule has 0 saturated heterocycles. The van der Waals surface area contributed by atoms with Crippen molar-refractivity contribution in [2.75, 3.05) is 0 Å². The Hall–Kier alpha value is -2.25. The summed E-state index contributed by atoms with van der Waals surface area (Å²) in [5, 5.41) is 8.33. The van der Waals surface area contributed by atoms with E-state index in [1.54, 1.807) is 17.1 Å². The van der Waals surface area contributed by atoms with Crippen LogP contribution in [0.2, 0.25) is 0 Å². The van der Waals surface area contributed by atoms with Crippen LogP contribution in [-0.4, -0.2) is 21.9 Å². The number of benzene rings is 2. The first-order chi connectivity index (χ1) is 12.5. The van der Waals surface area contributed by atoms with Gasteiger partial charge < -0.3 is 0 Å². The number of amides is 1. The van der Waals surface area contributed by atoms with Crippen LogP contribution in [0.25, 0.3) is 0 Å². The van der Waals surface area contributed by atoms with Gasteiger partial charge >= 0.3 is 0 Å². The second kappa shape index (κ2) is 8.42. The Morgan fingerprint density at radius 2 is 1.85 bits per heavy atom. The standard InChI is InChI=1S/C19H16Br2N4O/c1-13-2-4-14(5-3-13)10-22-23-19(26)18-17(21)12-25(24-18)11-15-6-8-16(20)9-7-15/h2-10,12H,11H2,1H3,(H,23,26). The van der Waals surface area contributed by atoms with E-state index in [9.17, 15) is 4.79 Å².